The van der Waals surface area contributed by atoms with Crippen molar-refractivity contribution in [2.24, 2.45) is 14.1 Å². The number of nitrogens with zero attached hydrogens (tertiary/aromatic N) is 4. The molecular weight excluding hydrogens is 613 g/mol. The zero-order valence-corrected chi connectivity index (χ0v) is 27.8. The quantitative estimate of drug-likeness (QED) is 0.188. The van der Waals surface area contributed by atoms with E-state index in [2.05, 4.69) is 173 Å². The molecule has 0 spiro atoms. The summed E-state index contributed by atoms with van der Waals surface area (Å²) in [5.41, 5.74) is 15.9. The van der Waals surface area contributed by atoms with Gasteiger partial charge < -0.3 is 9.97 Å². The van der Waals surface area contributed by atoms with Gasteiger partial charge in [0.15, 0.2) is 12.4 Å². The van der Waals surface area contributed by atoms with Gasteiger partial charge >= 0.3 is 0 Å². The van der Waals surface area contributed by atoms with E-state index in [-0.39, 0.29) is 0 Å². The van der Waals surface area contributed by atoms with Gasteiger partial charge in [0.2, 0.25) is 11.4 Å². The van der Waals surface area contributed by atoms with Crippen molar-refractivity contribution >= 4 is 46.4 Å². The lowest BCUT2D eigenvalue weighted by Crippen LogP contribution is -2.30. The van der Waals surface area contributed by atoms with Crippen LogP contribution in [0.25, 0.3) is 91.1 Å². The number of H-pyrrole nitrogens is 2. The Balaban J connectivity index is 1.50. The second-order valence-electron chi connectivity index (χ2n) is 12.6. The summed E-state index contributed by atoms with van der Waals surface area (Å²) in [4.78, 5) is 18.4. The van der Waals surface area contributed by atoms with Gasteiger partial charge in [-0.05, 0) is 71.8 Å². The van der Waals surface area contributed by atoms with Crippen molar-refractivity contribution in [3.63, 3.8) is 0 Å². The maximum absolute atomic E-state index is 5.39. The number of pyridine rings is 2. The van der Waals surface area contributed by atoms with E-state index in [0.29, 0.717) is 0 Å². The number of aryl methyl sites for hydroxylation is 2. The van der Waals surface area contributed by atoms with Crippen molar-refractivity contribution in [1.29, 1.82) is 0 Å². The fraction of sp³-hybridized carbons (Fsp3) is 0.0455. The summed E-state index contributed by atoms with van der Waals surface area (Å²) in [5.74, 6) is 0. The van der Waals surface area contributed by atoms with Crippen LogP contribution < -0.4 is 9.13 Å². The molecule has 0 saturated carbocycles. The van der Waals surface area contributed by atoms with Crippen LogP contribution in [-0.2, 0) is 14.1 Å². The minimum absolute atomic E-state index is 0.862. The number of rotatable bonds is 4. The normalized spacial score (nSPS) is 12.0. The van der Waals surface area contributed by atoms with Crippen LogP contribution in [0.5, 0.6) is 0 Å². The molecule has 7 aromatic rings. The average Bonchev–Trinajstić information content (AvgIpc) is 3.98. The first-order chi connectivity index (χ1) is 24.6. The van der Waals surface area contributed by atoms with Crippen LogP contribution >= 0.6 is 0 Å². The summed E-state index contributed by atoms with van der Waals surface area (Å²) in [5, 5.41) is 0. The van der Waals surface area contributed by atoms with Gasteiger partial charge in [-0.3, -0.25) is 0 Å². The van der Waals surface area contributed by atoms with E-state index >= 15 is 0 Å². The highest BCUT2D eigenvalue weighted by atomic mass is 14.9. The first-order valence-corrected chi connectivity index (χ1v) is 16.8. The molecule has 0 radical (unpaired) electrons. The summed E-state index contributed by atoms with van der Waals surface area (Å²) in [6.07, 6.45) is 12.6. The zero-order chi connectivity index (χ0) is 33.6. The van der Waals surface area contributed by atoms with Crippen LogP contribution in [0.4, 0.5) is 0 Å². The maximum Gasteiger partial charge on any atom is 0.216 e. The molecule has 50 heavy (non-hydrogen) atoms. The first kappa shape index (κ1) is 29.5. The highest BCUT2D eigenvalue weighted by molar-refractivity contribution is 5.99. The largest absolute Gasteiger partial charge is 0.354 e. The molecule has 2 aliphatic heterocycles. The van der Waals surface area contributed by atoms with Gasteiger partial charge in [-0.1, -0.05) is 60.7 Å². The van der Waals surface area contributed by atoms with Crippen LogP contribution in [0.3, 0.4) is 0 Å². The van der Waals surface area contributed by atoms with Gasteiger partial charge in [0, 0.05) is 51.9 Å². The third-order valence-corrected chi connectivity index (χ3v) is 9.50. The molecule has 0 fully saturated rings. The highest BCUT2D eigenvalue weighted by Gasteiger charge is 2.24. The van der Waals surface area contributed by atoms with Crippen LogP contribution in [0.1, 0.15) is 22.8 Å². The lowest BCUT2D eigenvalue weighted by molar-refractivity contribution is -0.660. The minimum Gasteiger partial charge on any atom is -0.354 e. The monoisotopic (exact) mass is 646 g/mol. The standard InChI is InChI=1S/C44H33N6/c1-49-27-11-9-17-39(49)43-35-23-21-33(46-35)41(29-13-5-3-6-14-29)31-19-20-32(45-31)42(30-15-7-4-8-16-30)34-22-24-36(47-34)44(38-26-25-37(43)48-38)40-18-10-12-28-50(40)2/h3-28H,1-2H3,(H,45,46,47,48)/q+1/p+1. The Hall–Kier alpha value is -6.66. The molecular formula is C44H34N6+2. The summed E-state index contributed by atoms with van der Waals surface area (Å²) in [6, 6.07) is 42.3. The molecule has 2 aliphatic rings. The third kappa shape index (κ3) is 5.06. The second-order valence-corrected chi connectivity index (χ2v) is 12.6. The summed E-state index contributed by atoms with van der Waals surface area (Å²) in [6.45, 7) is 0. The first-order valence-electron chi connectivity index (χ1n) is 16.8. The Morgan fingerprint density at radius 2 is 0.760 bits per heavy atom. The number of fused-ring (bicyclic) bond motifs is 8. The average molecular weight is 647 g/mol. The number of hydrogen-bond donors (Lipinski definition) is 2. The molecule has 0 saturated heterocycles. The molecule has 2 aromatic carbocycles. The summed E-state index contributed by atoms with van der Waals surface area (Å²) in [7, 11) is 4.15. The molecule has 9 rings (SSSR count). The number of benzene rings is 2. The SMILES string of the molecule is C[n+]1ccccc1-c1c2nc(c(-c3ccccc3)c3ccc([nH]3)c(-c3ccccc3)c3ccc([nH]3)c(-c3cccc[n+]3C)c3nc1C=C3)C=C2. The Kier molecular flexibility index (Phi) is 7.13. The fourth-order valence-corrected chi connectivity index (χ4v) is 7.13. The Morgan fingerprint density at radius 3 is 1.26 bits per heavy atom. The van der Waals surface area contributed by atoms with Crippen LogP contribution in [-0.4, -0.2) is 19.9 Å². The molecule has 0 amide bonds. The predicted molar refractivity (Wildman–Crippen MR) is 203 cm³/mol. The predicted octanol–water partition coefficient (Wildman–Crippen LogP) is 8.97. The van der Waals surface area contributed by atoms with Crippen molar-refractivity contribution in [2.45, 2.75) is 0 Å². The van der Waals surface area contributed by atoms with E-state index in [0.717, 1.165) is 89.6 Å². The minimum atomic E-state index is 0.862. The Labute approximate surface area is 290 Å². The zero-order valence-electron chi connectivity index (χ0n) is 27.8. The van der Waals surface area contributed by atoms with Gasteiger partial charge in [-0.2, -0.15) is 0 Å². The smallest absolute Gasteiger partial charge is 0.216 e. The molecule has 5 aromatic heterocycles. The van der Waals surface area contributed by atoms with Crippen LogP contribution in [0, 0.1) is 0 Å². The van der Waals surface area contributed by atoms with Crippen molar-refractivity contribution in [1.82, 2.24) is 19.9 Å². The van der Waals surface area contributed by atoms with E-state index in [1.54, 1.807) is 0 Å². The highest BCUT2D eigenvalue weighted by Crippen LogP contribution is 2.37. The van der Waals surface area contributed by atoms with Crippen LogP contribution in [0.15, 0.2) is 134 Å². The summed E-state index contributed by atoms with van der Waals surface area (Å²) < 4.78 is 4.28. The van der Waals surface area contributed by atoms with E-state index in [1.165, 1.54) is 0 Å². The number of aromatic amines is 2. The molecule has 8 bridgehead atoms. The fourth-order valence-electron chi connectivity index (χ4n) is 7.13. The number of aromatic nitrogens is 6. The molecule has 0 aliphatic carbocycles. The molecule has 6 nitrogen and oxygen atoms in total. The van der Waals surface area contributed by atoms with Crippen molar-refractivity contribution in [3.05, 3.63) is 156 Å². The van der Waals surface area contributed by atoms with Crippen molar-refractivity contribution < 1.29 is 9.13 Å². The lowest BCUT2D eigenvalue weighted by Gasteiger charge is -2.06. The molecule has 238 valence electrons. The summed E-state index contributed by atoms with van der Waals surface area (Å²) >= 11 is 0. The second kappa shape index (κ2) is 12.1. The lowest BCUT2D eigenvalue weighted by atomic mass is 10.0. The molecule has 0 atom stereocenters. The van der Waals surface area contributed by atoms with Gasteiger partial charge in [0.05, 0.1) is 39.4 Å². The van der Waals surface area contributed by atoms with E-state index in [9.17, 15) is 0 Å². The van der Waals surface area contributed by atoms with Gasteiger partial charge in [0.1, 0.15) is 14.1 Å². The van der Waals surface area contributed by atoms with Crippen LogP contribution in [0.2, 0.25) is 0 Å². The van der Waals surface area contributed by atoms with Gasteiger partial charge in [-0.25, -0.2) is 19.1 Å². The number of nitrogens with one attached hydrogen (secondary N) is 2. The third-order valence-electron chi connectivity index (χ3n) is 9.50. The van der Waals surface area contributed by atoms with E-state index < -0.39 is 0 Å². The Bertz CT molecular complexity index is 2660. The maximum atomic E-state index is 5.39. The Morgan fingerprint density at radius 1 is 0.380 bits per heavy atom. The molecule has 6 heteroatoms. The van der Waals surface area contributed by atoms with Gasteiger partial charge in [0.25, 0.3) is 0 Å². The van der Waals surface area contributed by atoms with Gasteiger partial charge in [-0.15, -0.1) is 0 Å². The number of hydrogen-bond acceptors (Lipinski definition) is 2. The topological polar surface area (TPSA) is 65.1 Å². The van der Waals surface area contributed by atoms with E-state index in [4.69, 9.17) is 9.97 Å². The van der Waals surface area contributed by atoms with E-state index in [1.807, 2.05) is 18.2 Å². The molecule has 2 N–H and O–H groups in total. The molecule has 0 unspecified atom stereocenters. The van der Waals surface area contributed by atoms with Crippen molar-refractivity contribution in [3.8, 4) is 44.8 Å². The molecule has 7 heterocycles. The van der Waals surface area contributed by atoms with Crippen molar-refractivity contribution in [2.75, 3.05) is 0 Å².